The maximum absolute atomic E-state index is 6.97. The zero-order chi connectivity index (χ0) is 23.0. The van der Waals surface area contributed by atoms with Crippen LogP contribution in [0.25, 0.3) is 0 Å². The fourth-order valence-electron chi connectivity index (χ4n) is 8.19. The topological polar surface area (TPSA) is 18.5 Å². The van der Waals surface area contributed by atoms with Gasteiger partial charge in [0.1, 0.15) is 0 Å². The van der Waals surface area contributed by atoms with Crippen LogP contribution in [0.5, 0.6) is 0 Å². The standard InChI is InChI=1S/C27H48O2Si2/c1-19-17-20-18-21(28-30(5,6)7)11-14-25(20,2)22-12-15-26(3)23(24(19)22)13-16-27(26,4)29-31(8,9)10/h17-19,22-24H,11-16H2,1-10H3/t19-,22?,23?,24?,25?,26?,27-/m1/s1. The molecule has 0 aromatic heterocycles. The highest BCUT2D eigenvalue weighted by atomic mass is 28.4. The molecule has 0 amide bonds. The van der Waals surface area contributed by atoms with E-state index >= 15 is 0 Å². The highest BCUT2D eigenvalue weighted by molar-refractivity contribution is 6.70. The SMILES string of the molecule is C[C@@H]1C=C2C=C(O[Si](C)(C)C)CCC2(C)C2CCC3(C)C(CC[C@@]3(C)O[Si](C)(C)C)C21. The molecule has 0 heterocycles. The van der Waals surface area contributed by atoms with E-state index < -0.39 is 16.6 Å². The van der Waals surface area contributed by atoms with Crippen molar-refractivity contribution in [3.63, 3.8) is 0 Å². The van der Waals surface area contributed by atoms with Gasteiger partial charge in [-0.15, -0.1) is 0 Å². The first kappa shape index (κ1) is 23.8. The van der Waals surface area contributed by atoms with Gasteiger partial charge >= 0.3 is 0 Å². The summed E-state index contributed by atoms with van der Waals surface area (Å²) in [5, 5.41) is 0. The van der Waals surface area contributed by atoms with Crippen molar-refractivity contribution in [3.8, 4) is 0 Å². The van der Waals surface area contributed by atoms with Crippen LogP contribution in [0.4, 0.5) is 0 Å². The minimum Gasteiger partial charge on any atom is -0.547 e. The summed E-state index contributed by atoms with van der Waals surface area (Å²) in [5.41, 5.74) is 2.29. The smallest absolute Gasteiger partial charge is 0.241 e. The average molecular weight is 461 g/mol. The summed E-state index contributed by atoms with van der Waals surface area (Å²) in [7, 11) is -3.13. The van der Waals surface area contributed by atoms with Crippen molar-refractivity contribution in [3.05, 3.63) is 23.5 Å². The van der Waals surface area contributed by atoms with E-state index in [9.17, 15) is 0 Å². The van der Waals surface area contributed by atoms with Crippen LogP contribution < -0.4 is 0 Å². The summed E-state index contributed by atoms with van der Waals surface area (Å²) >= 11 is 0. The van der Waals surface area contributed by atoms with E-state index in [0.29, 0.717) is 16.7 Å². The van der Waals surface area contributed by atoms with Gasteiger partial charge in [0.25, 0.3) is 0 Å². The van der Waals surface area contributed by atoms with Gasteiger partial charge in [-0.05, 0) is 124 Å². The Morgan fingerprint density at radius 3 is 2.13 bits per heavy atom. The number of rotatable bonds is 4. The number of hydrogen-bond donors (Lipinski definition) is 0. The molecule has 5 unspecified atom stereocenters. The molecule has 0 radical (unpaired) electrons. The van der Waals surface area contributed by atoms with Gasteiger partial charge in [-0.3, -0.25) is 0 Å². The lowest BCUT2D eigenvalue weighted by molar-refractivity contribution is -0.111. The maximum atomic E-state index is 6.97. The zero-order valence-electron chi connectivity index (χ0n) is 22.0. The first-order valence-electron chi connectivity index (χ1n) is 12.9. The second-order valence-corrected chi connectivity index (χ2v) is 22.8. The molecule has 0 bridgehead atoms. The molecule has 4 aliphatic rings. The third-order valence-electron chi connectivity index (χ3n) is 9.57. The van der Waals surface area contributed by atoms with E-state index in [4.69, 9.17) is 8.85 Å². The van der Waals surface area contributed by atoms with Gasteiger partial charge in [0.15, 0.2) is 8.32 Å². The second kappa shape index (κ2) is 7.33. The Morgan fingerprint density at radius 2 is 1.52 bits per heavy atom. The molecule has 2 fully saturated rings. The number of fused-ring (bicyclic) bond motifs is 5. The summed E-state index contributed by atoms with van der Waals surface area (Å²) in [5.74, 6) is 4.30. The summed E-state index contributed by atoms with van der Waals surface area (Å²) < 4.78 is 13.4. The first-order chi connectivity index (χ1) is 14.1. The van der Waals surface area contributed by atoms with E-state index in [-0.39, 0.29) is 5.60 Å². The molecule has 0 aliphatic heterocycles. The van der Waals surface area contributed by atoms with Crippen LogP contribution in [0.1, 0.15) is 66.2 Å². The predicted octanol–water partition coefficient (Wildman–Crippen LogP) is 8.15. The lowest BCUT2D eigenvalue weighted by atomic mass is 9.46. The van der Waals surface area contributed by atoms with Crippen molar-refractivity contribution < 1.29 is 8.85 Å². The predicted molar refractivity (Wildman–Crippen MR) is 137 cm³/mol. The van der Waals surface area contributed by atoms with E-state index in [2.05, 4.69) is 79.1 Å². The molecule has 0 saturated heterocycles. The molecule has 4 heteroatoms. The quantitative estimate of drug-likeness (QED) is 0.394. The molecule has 4 aliphatic carbocycles. The molecular formula is C27H48O2Si2. The fourth-order valence-corrected chi connectivity index (χ4v) is 10.8. The summed E-state index contributed by atoms with van der Waals surface area (Å²) in [6.07, 6.45) is 12.8. The minimum atomic E-state index is -1.58. The molecule has 31 heavy (non-hydrogen) atoms. The molecule has 2 saturated carbocycles. The van der Waals surface area contributed by atoms with Crippen LogP contribution in [-0.4, -0.2) is 22.2 Å². The van der Waals surface area contributed by atoms with Crippen LogP contribution in [0, 0.1) is 34.5 Å². The van der Waals surface area contributed by atoms with Crippen LogP contribution in [0.15, 0.2) is 23.5 Å². The van der Waals surface area contributed by atoms with Crippen LogP contribution >= 0.6 is 0 Å². The Hall–Kier alpha value is -0.326. The van der Waals surface area contributed by atoms with Gasteiger partial charge in [-0.25, -0.2) is 0 Å². The Labute approximate surface area is 194 Å². The Morgan fingerprint density at radius 1 is 0.871 bits per heavy atom. The third kappa shape index (κ3) is 3.97. The lowest BCUT2D eigenvalue weighted by Crippen LogP contribution is -2.57. The summed E-state index contributed by atoms with van der Waals surface area (Å²) in [6.45, 7) is 24.2. The first-order valence-corrected chi connectivity index (χ1v) is 19.7. The van der Waals surface area contributed by atoms with Gasteiger partial charge < -0.3 is 8.85 Å². The molecular weight excluding hydrogens is 412 g/mol. The van der Waals surface area contributed by atoms with Crippen LogP contribution in [-0.2, 0) is 8.85 Å². The summed E-state index contributed by atoms with van der Waals surface area (Å²) in [4.78, 5) is 0. The van der Waals surface area contributed by atoms with Gasteiger partial charge in [0, 0.05) is 6.42 Å². The largest absolute Gasteiger partial charge is 0.547 e. The number of allylic oxidation sites excluding steroid dienone is 4. The maximum Gasteiger partial charge on any atom is 0.241 e. The van der Waals surface area contributed by atoms with Crippen molar-refractivity contribution in [2.75, 3.05) is 0 Å². The second-order valence-electron chi connectivity index (χ2n) is 14.0. The highest BCUT2D eigenvalue weighted by Gasteiger charge is 2.64. The number of hydrogen-bond acceptors (Lipinski definition) is 2. The molecule has 0 spiro atoms. The van der Waals surface area contributed by atoms with Crippen molar-refractivity contribution >= 4 is 16.6 Å². The summed E-state index contributed by atoms with van der Waals surface area (Å²) in [6, 6.07) is 0. The highest BCUT2D eigenvalue weighted by Crippen LogP contribution is 2.68. The normalized spacial score (nSPS) is 45.2. The van der Waals surface area contributed by atoms with Crippen LogP contribution in [0.3, 0.4) is 0 Å². The monoisotopic (exact) mass is 460 g/mol. The van der Waals surface area contributed by atoms with Crippen LogP contribution in [0.2, 0.25) is 39.3 Å². The van der Waals surface area contributed by atoms with Crippen molar-refractivity contribution in [1.29, 1.82) is 0 Å². The fraction of sp³-hybridized carbons (Fsp3) is 0.852. The Bertz CT molecular complexity index is 788. The Balaban J connectivity index is 1.66. The molecule has 7 atom stereocenters. The van der Waals surface area contributed by atoms with E-state index in [1.54, 1.807) is 5.57 Å². The van der Waals surface area contributed by atoms with Gasteiger partial charge in [-0.2, -0.15) is 0 Å². The molecule has 4 rings (SSSR count). The van der Waals surface area contributed by atoms with E-state index in [1.165, 1.54) is 37.9 Å². The average Bonchev–Trinajstić information content (AvgIpc) is 2.84. The van der Waals surface area contributed by atoms with Crippen molar-refractivity contribution in [2.24, 2.45) is 34.5 Å². The molecule has 176 valence electrons. The molecule has 0 aromatic carbocycles. The molecule has 0 N–H and O–H groups in total. The van der Waals surface area contributed by atoms with Gasteiger partial charge in [-0.1, -0.05) is 26.8 Å². The van der Waals surface area contributed by atoms with Gasteiger partial charge in [0.2, 0.25) is 8.32 Å². The van der Waals surface area contributed by atoms with Crippen molar-refractivity contribution in [1.82, 2.24) is 0 Å². The zero-order valence-corrected chi connectivity index (χ0v) is 24.0. The lowest BCUT2D eigenvalue weighted by Gasteiger charge is -2.60. The van der Waals surface area contributed by atoms with E-state index in [0.717, 1.165) is 24.2 Å². The van der Waals surface area contributed by atoms with Crippen molar-refractivity contribution in [2.45, 2.75) is 111 Å². The Kier molecular flexibility index (Phi) is 5.64. The van der Waals surface area contributed by atoms with Gasteiger partial charge in [0.05, 0.1) is 11.4 Å². The molecule has 0 aromatic rings. The van der Waals surface area contributed by atoms with E-state index in [1.807, 2.05) is 0 Å². The molecule has 2 nitrogen and oxygen atoms in total. The minimum absolute atomic E-state index is 0.0581. The third-order valence-corrected chi connectivity index (χ3v) is 11.5.